The van der Waals surface area contributed by atoms with E-state index < -0.39 is 0 Å². The van der Waals surface area contributed by atoms with Gasteiger partial charge in [-0.15, -0.1) is 0 Å². The Labute approximate surface area is 207 Å². The lowest BCUT2D eigenvalue weighted by atomic mass is 9.83. The van der Waals surface area contributed by atoms with Gasteiger partial charge in [-0.1, -0.05) is 42.5 Å². The van der Waals surface area contributed by atoms with E-state index in [9.17, 15) is 5.11 Å². The Kier molecular flexibility index (Phi) is 7.51. The van der Waals surface area contributed by atoms with Crippen molar-refractivity contribution in [2.45, 2.75) is 45.4 Å². The number of aromatic amines is 1. The fraction of sp³-hybridized carbons (Fsp3) is 0.310. The summed E-state index contributed by atoms with van der Waals surface area (Å²) in [5.74, 6) is 1.91. The van der Waals surface area contributed by atoms with Crippen LogP contribution in [0.2, 0.25) is 0 Å². The van der Waals surface area contributed by atoms with Crippen LogP contribution in [0.5, 0.6) is 5.75 Å². The molecule has 1 aliphatic carbocycles. The number of H-pyrrole nitrogens is 1. The number of phenolic OH excluding ortho intramolecular Hbond substituents is 1. The molecule has 0 aliphatic heterocycles. The molecule has 180 valence electrons. The highest BCUT2D eigenvalue weighted by atomic mass is 16.3. The van der Waals surface area contributed by atoms with Crippen molar-refractivity contribution in [3.8, 4) is 5.75 Å². The number of aryl methyl sites for hydroxylation is 1. The van der Waals surface area contributed by atoms with Crippen LogP contribution in [-0.4, -0.2) is 31.5 Å². The first-order chi connectivity index (χ1) is 17.2. The van der Waals surface area contributed by atoms with E-state index in [4.69, 9.17) is 0 Å². The van der Waals surface area contributed by atoms with Gasteiger partial charge in [-0.3, -0.25) is 9.88 Å². The molecule has 0 fully saturated rings. The maximum absolute atomic E-state index is 10.4. The molecule has 2 aromatic carbocycles. The third-order valence-electron chi connectivity index (χ3n) is 6.80. The predicted molar refractivity (Wildman–Crippen MR) is 138 cm³/mol. The number of aromatic nitrogens is 3. The van der Waals surface area contributed by atoms with E-state index in [1.54, 1.807) is 6.20 Å². The van der Waals surface area contributed by atoms with Crippen LogP contribution < -0.4 is 5.32 Å². The third kappa shape index (κ3) is 6.35. The molecule has 4 aromatic rings. The van der Waals surface area contributed by atoms with Crippen LogP contribution in [0.4, 0.5) is 0 Å². The van der Waals surface area contributed by atoms with Gasteiger partial charge >= 0.3 is 0 Å². The summed E-state index contributed by atoms with van der Waals surface area (Å²) in [6, 6.07) is 20.9. The van der Waals surface area contributed by atoms with Crippen LogP contribution >= 0.6 is 0 Å². The van der Waals surface area contributed by atoms with E-state index in [1.165, 1.54) is 16.7 Å². The van der Waals surface area contributed by atoms with Crippen LogP contribution in [-0.2, 0) is 39.0 Å². The topological polar surface area (TPSA) is 77.1 Å². The van der Waals surface area contributed by atoms with Crippen LogP contribution in [0.25, 0.3) is 0 Å². The van der Waals surface area contributed by atoms with Crippen LogP contribution in [0.1, 0.15) is 40.2 Å². The Bertz CT molecular complexity index is 1190. The van der Waals surface area contributed by atoms with E-state index in [1.807, 2.05) is 30.6 Å². The van der Waals surface area contributed by atoms with Gasteiger partial charge in [0.2, 0.25) is 0 Å². The lowest BCUT2D eigenvalue weighted by molar-refractivity contribution is 0.201. The highest BCUT2D eigenvalue weighted by Crippen LogP contribution is 2.32. The number of hydrogen-bond donors (Lipinski definition) is 3. The van der Waals surface area contributed by atoms with Gasteiger partial charge in [0.05, 0.1) is 12.2 Å². The molecule has 1 unspecified atom stereocenters. The Balaban J connectivity index is 1.23. The molecule has 0 bridgehead atoms. The van der Waals surface area contributed by atoms with Gasteiger partial charge < -0.3 is 15.4 Å². The maximum Gasteiger partial charge on any atom is 0.120 e. The van der Waals surface area contributed by atoms with Crippen molar-refractivity contribution in [1.82, 2.24) is 25.2 Å². The first-order valence-corrected chi connectivity index (χ1v) is 12.4. The first kappa shape index (κ1) is 23.3. The van der Waals surface area contributed by atoms with Gasteiger partial charge in [0.25, 0.3) is 0 Å². The molecule has 0 spiro atoms. The molecule has 6 heteroatoms. The predicted octanol–water partition coefficient (Wildman–Crippen LogP) is 4.61. The molecule has 1 aliphatic rings. The molecule has 5 rings (SSSR count). The van der Waals surface area contributed by atoms with Crippen LogP contribution in [0, 0.1) is 5.92 Å². The number of nitrogens with zero attached hydrogens (tertiary/aromatic N) is 3. The minimum Gasteiger partial charge on any atom is -0.508 e. The molecular formula is C29H33N5O. The number of benzene rings is 2. The molecule has 1 atom stereocenters. The Morgan fingerprint density at radius 1 is 0.914 bits per heavy atom. The number of phenols is 1. The Morgan fingerprint density at radius 3 is 2.60 bits per heavy atom. The van der Waals surface area contributed by atoms with Gasteiger partial charge in [-0.05, 0) is 65.6 Å². The monoisotopic (exact) mass is 467 g/mol. The largest absolute Gasteiger partial charge is 0.508 e. The molecule has 2 aromatic heterocycles. The number of hydrogen-bond acceptors (Lipinski definition) is 5. The molecule has 2 heterocycles. The van der Waals surface area contributed by atoms with Gasteiger partial charge in [0.15, 0.2) is 0 Å². The standard InChI is InChI=1S/C29H33N5O/c35-28-6-3-4-25-12-11-24(16-27(25)28)20-34(21-26-5-1-2-13-31-26)19-23-9-7-22(8-10-23)17-30-18-29-32-14-15-33-29/h1-10,13-15,24,30,35H,11-12,16-21H2,(H,32,33). The van der Waals surface area contributed by atoms with E-state index in [0.717, 1.165) is 69.1 Å². The lowest BCUT2D eigenvalue weighted by Crippen LogP contribution is -2.32. The fourth-order valence-corrected chi connectivity index (χ4v) is 5.01. The molecule has 0 amide bonds. The third-order valence-corrected chi connectivity index (χ3v) is 6.80. The summed E-state index contributed by atoms with van der Waals surface area (Å²) >= 11 is 0. The minimum atomic E-state index is 0.444. The zero-order valence-electron chi connectivity index (χ0n) is 20.0. The zero-order chi connectivity index (χ0) is 23.9. The zero-order valence-corrected chi connectivity index (χ0v) is 20.0. The summed E-state index contributed by atoms with van der Waals surface area (Å²) in [6.45, 7) is 4.21. The summed E-state index contributed by atoms with van der Waals surface area (Å²) in [7, 11) is 0. The number of fused-ring (bicyclic) bond motifs is 1. The molecule has 35 heavy (non-hydrogen) atoms. The van der Waals surface area contributed by atoms with E-state index >= 15 is 0 Å². The Morgan fingerprint density at radius 2 is 1.80 bits per heavy atom. The van der Waals surface area contributed by atoms with Gasteiger partial charge in [0.1, 0.15) is 11.6 Å². The van der Waals surface area contributed by atoms with E-state index in [-0.39, 0.29) is 0 Å². The lowest BCUT2D eigenvalue weighted by Gasteiger charge is -2.31. The second-order valence-electron chi connectivity index (χ2n) is 9.47. The van der Waals surface area contributed by atoms with Crippen molar-refractivity contribution in [3.63, 3.8) is 0 Å². The highest BCUT2D eigenvalue weighted by molar-refractivity contribution is 5.41. The van der Waals surface area contributed by atoms with Crippen molar-refractivity contribution < 1.29 is 5.11 Å². The second kappa shape index (κ2) is 11.3. The number of aromatic hydroxyl groups is 1. The molecule has 0 saturated heterocycles. The normalized spacial score (nSPS) is 15.3. The first-order valence-electron chi connectivity index (χ1n) is 12.4. The Hall–Kier alpha value is -3.48. The summed E-state index contributed by atoms with van der Waals surface area (Å²) in [5.41, 5.74) is 6.08. The van der Waals surface area contributed by atoms with Crippen molar-refractivity contribution >= 4 is 0 Å². The number of pyridine rings is 1. The average Bonchev–Trinajstić information content (AvgIpc) is 3.40. The van der Waals surface area contributed by atoms with Crippen molar-refractivity contribution in [1.29, 1.82) is 0 Å². The molecule has 0 saturated carbocycles. The van der Waals surface area contributed by atoms with Gasteiger partial charge in [-0.25, -0.2) is 4.98 Å². The number of nitrogens with one attached hydrogen (secondary N) is 2. The maximum atomic E-state index is 10.4. The van der Waals surface area contributed by atoms with Crippen molar-refractivity contribution in [2.75, 3.05) is 6.54 Å². The summed E-state index contributed by atoms with van der Waals surface area (Å²) in [6.07, 6.45) is 8.60. The number of imidazole rings is 1. The molecule has 0 radical (unpaired) electrons. The second-order valence-corrected chi connectivity index (χ2v) is 9.47. The summed E-state index contributed by atoms with van der Waals surface area (Å²) < 4.78 is 0. The number of rotatable bonds is 10. The quantitative estimate of drug-likeness (QED) is 0.318. The molecular weight excluding hydrogens is 434 g/mol. The fourth-order valence-electron chi connectivity index (χ4n) is 5.01. The molecule has 6 nitrogen and oxygen atoms in total. The van der Waals surface area contributed by atoms with Crippen molar-refractivity contribution in [2.24, 2.45) is 5.92 Å². The molecule has 3 N–H and O–H groups in total. The van der Waals surface area contributed by atoms with Gasteiger partial charge in [-0.2, -0.15) is 0 Å². The minimum absolute atomic E-state index is 0.444. The van der Waals surface area contributed by atoms with Gasteiger partial charge in [0, 0.05) is 44.8 Å². The smallest absolute Gasteiger partial charge is 0.120 e. The SMILES string of the molecule is Oc1cccc2c1CC(CN(Cc1ccc(CNCc3ncc[nH]3)cc1)Cc1ccccn1)CC2. The van der Waals surface area contributed by atoms with Crippen LogP contribution in [0.3, 0.4) is 0 Å². The van der Waals surface area contributed by atoms with Crippen molar-refractivity contribution in [3.05, 3.63) is 113 Å². The van der Waals surface area contributed by atoms with Crippen LogP contribution in [0.15, 0.2) is 79.3 Å². The van der Waals surface area contributed by atoms with E-state index in [0.29, 0.717) is 11.7 Å². The summed E-state index contributed by atoms with van der Waals surface area (Å²) in [5, 5.41) is 13.8. The average molecular weight is 468 g/mol. The highest BCUT2D eigenvalue weighted by Gasteiger charge is 2.23. The summed E-state index contributed by atoms with van der Waals surface area (Å²) in [4.78, 5) is 14.4. The van der Waals surface area contributed by atoms with E-state index in [2.05, 4.69) is 67.6 Å².